The summed E-state index contributed by atoms with van der Waals surface area (Å²) < 4.78 is 10.1. The molecule has 1 aromatic carbocycles. The predicted molar refractivity (Wildman–Crippen MR) is 65.6 cm³/mol. The second-order valence-corrected chi connectivity index (χ2v) is 5.12. The average molecular weight is 259 g/mol. The normalized spacial score (nSPS) is 26.0. The van der Waals surface area contributed by atoms with E-state index in [4.69, 9.17) is 4.74 Å². The fraction of sp³-hybridized carbons (Fsp3) is 0.462. The summed E-state index contributed by atoms with van der Waals surface area (Å²) in [6, 6.07) is 5.50. The van der Waals surface area contributed by atoms with Gasteiger partial charge in [0.2, 0.25) is 0 Å². The molecule has 19 heavy (non-hydrogen) atoms. The third-order valence-corrected chi connectivity index (χ3v) is 4.06. The Kier molecular flexibility index (Phi) is 2.32. The summed E-state index contributed by atoms with van der Waals surface area (Å²) in [7, 11) is 0. The maximum absolute atomic E-state index is 12.4. The first kappa shape index (κ1) is 10.9. The molecule has 2 unspecified atom stereocenters. The van der Waals surface area contributed by atoms with Gasteiger partial charge in [-0.3, -0.25) is 4.79 Å². The molecule has 2 aromatic rings. The summed E-state index contributed by atoms with van der Waals surface area (Å²) in [6.07, 6.45) is 1.06. The van der Waals surface area contributed by atoms with Crippen LogP contribution in [0.3, 0.4) is 0 Å². The van der Waals surface area contributed by atoms with Crippen molar-refractivity contribution in [3.05, 3.63) is 23.8 Å². The number of aromatic nitrogens is 2. The molecule has 0 aliphatic carbocycles. The number of ether oxygens (including phenoxy) is 1. The quantitative estimate of drug-likeness (QED) is 0.766. The van der Waals surface area contributed by atoms with Crippen LogP contribution in [0.2, 0.25) is 0 Å². The number of hydrogen-bond donors (Lipinski definition) is 0. The van der Waals surface area contributed by atoms with E-state index >= 15 is 0 Å². The minimum absolute atomic E-state index is 0.0386. The van der Waals surface area contributed by atoms with Gasteiger partial charge in [-0.05, 0) is 34.9 Å². The van der Waals surface area contributed by atoms with E-state index in [1.165, 1.54) is 0 Å². The predicted octanol–water partition coefficient (Wildman–Crippen LogP) is 1.08. The highest BCUT2D eigenvalue weighted by Gasteiger charge is 2.43. The number of rotatable bonds is 1. The minimum atomic E-state index is 0.0386. The van der Waals surface area contributed by atoms with E-state index in [2.05, 4.69) is 14.9 Å². The molecule has 0 saturated carbocycles. The lowest BCUT2D eigenvalue weighted by molar-refractivity contribution is -0.0734. The van der Waals surface area contributed by atoms with E-state index in [1.807, 2.05) is 4.90 Å². The number of nitrogens with zero attached hydrogens (tertiary/aromatic N) is 3. The second-order valence-electron chi connectivity index (χ2n) is 5.12. The van der Waals surface area contributed by atoms with Crippen molar-refractivity contribution in [1.82, 2.24) is 15.2 Å². The van der Waals surface area contributed by atoms with Crippen LogP contribution in [-0.2, 0) is 4.74 Å². The van der Waals surface area contributed by atoms with Gasteiger partial charge in [0.25, 0.3) is 5.91 Å². The van der Waals surface area contributed by atoms with E-state index in [1.54, 1.807) is 18.2 Å². The maximum Gasteiger partial charge on any atom is 0.254 e. The maximum atomic E-state index is 12.4. The highest BCUT2D eigenvalue weighted by atomic mass is 16.6. The Morgan fingerprint density at radius 3 is 3.11 bits per heavy atom. The van der Waals surface area contributed by atoms with Gasteiger partial charge in [0, 0.05) is 24.6 Å². The van der Waals surface area contributed by atoms with Crippen molar-refractivity contribution in [3.63, 3.8) is 0 Å². The molecule has 3 heterocycles. The Hall–Kier alpha value is -1.95. The van der Waals surface area contributed by atoms with Gasteiger partial charge < -0.3 is 9.64 Å². The van der Waals surface area contributed by atoms with E-state index in [9.17, 15) is 4.79 Å². The lowest BCUT2D eigenvalue weighted by atomic mass is 9.84. The molecule has 2 aliphatic heterocycles. The van der Waals surface area contributed by atoms with Crippen molar-refractivity contribution in [2.75, 3.05) is 19.8 Å². The van der Waals surface area contributed by atoms with Crippen LogP contribution in [-0.4, -0.2) is 46.9 Å². The molecule has 0 spiro atoms. The molecular weight excluding hydrogens is 246 g/mol. The summed E-state index contributed by atoms with van der Waals surface area (Å²) in [5.41, 5.74) is 1.91. The molecule has 1 amide bonds. The summed E-state index contributed by atoms with van der Waals surface area (Å²) in [5, 5.41) is 7.50. The van der Waals surface area contributed by atoms with Gasteiger partial charge >= 0.3 is 0 Å². The average Bonchev–Trinajstić information content (AvgIpc) is 2.87. The Labute approximate surface area is 109 Å². The van der Waals surface area contributed by atoms with Gasteiger partial charge in [-0.25, -0.2) is 4.63 Å². The molecule has 1 aromatic heterocycles. The molecule has 6 nitrogen and oxygen atoms in total. The van der Waals surface area contributed by atoms with Crippen LogP contribution in [0, 0.1) is 5.92 Å². The summed E-state index contributed by atoms with van der Waals surface area (Å²) in [6.45, 7) is 2.31. The Morgan fingerprint density at radius 2 is 2.21 bits per heavy atom. The molecule has 0 N–H and O–H groups in total. The third kappa shape index (κ3) is 1.63. The van der Waals surface area contributed by atoms with Crippen molar-refractivity contribution in [1.29, 1.82) is 0 Å². The highest BCUT2D eigenvalue weighted by molar-refractivity contribution is 5.97. The lowest BCUT2D eigenvalue weighted by Crippen LogP contribution is -2.62. The van der Waals surface area contributed by atoms with E-state index in [0.29, 0.717) is 29.1 Å². The van der Waals surface area contributed by atoms with Crippen molar-refractivity contribution >= 4 is 16.9 Å². The zero-order valence-corrected chi connectivity index (χ0v) is 10.3. The Bertz CT molecular complexity index is 639. The topological polar surface area (TPSA) is 68.5 Å². The number of likely N-dealkylation sites (tertiary alicyclic amines) is 1. The second kappa shape index (κ2) is 4.03. The molecule has 98 valence electrons. The third-order valence-electron chi connectivity index (χ3n) is 4.06. The van der Waals surface area contributed by atoms with Crippen molar-refractivity contribution in [2.45, 2.75) is 12.5 Å². The summed E-state index contributed by atoms with van der Waals surface area (Å²) >= 11 is 0. The molecule has 6 heteroatoms. The zero-order chi connectivity index (χ0) is 12.8. The molecule has 2 saturated heterocycles. The number of amides is 1. The first-order valence-corrected chi connectivity index (χ1v) is 6.44. The molecule has 2 aliphatic rings. The minimum Gasteiger partial charge on any atom is -0.379 e. The van der Waals surface area contributed by atoms with Crippen molar-refractivity contribution < 1.29 is 14.2 Å². The van der Waals surface area contributed by atoms with E-state index < -0.39 is 0 Å². The SMILES string of the molecule is O=C(c1ccc2nonc2c1)N1CC2CCOCC21. The van der Waals surface area contributed by atoms with Crippen molar-refractivity contribution in [2.24, 2.45) is 5.92 Å². The molecule has 0 bridgehead atoms. The molecule has 0 radical (unpaired) electrons. The number of carbonyl (C=O) groups excluding carboxylic acids is 1. The molecule has 4 rings (SSSR count). The molecule has 2 fully saturated rings. The standard InChI is InChI=1S/C13H13N3O3/c17-13(16-6-9-3-4-18-7-12(9)16)8-1-2-10-11(5-8)15-19-14-10/h1-2,5,9,12H,3-4,6-7H2. The highest BCUT2D eigenvalue weighted by Crippen LogP contribution is 2.32. The van der Waals surface area contributed by atoms with Crippen LogP contribution in [0.15, 0.2) is 22.8 Å². The van der Waals surface area contributed by atoms with Gasteiger partial charge in [0.1, 0.15) is 11.0 Å². The summed E-state index contributed by atoms with van der Waals surface area (Å²) in [4.78, 5) is 14.3. The monoisotopic (exact) mass is 259 g/mol. The number of carbonyl (C=O) groups is 1. The van der Waals surface area contributed by atoms with Gasteiger partial charge in [0.05, 0.1) is 12.6 Å². The Morgan fingerprint density at radius 1 is 1.32 bits per heavy atom. The van der Waals surface area contributed by atoms with Gasteiger partial charge in [-0.2, -0.15) is 0 Å². The largest absolute Gasteiger partial charge is 0.379 e. The van der Waals surface area contributed by atoms with Gasteiger partial charge in [0.15, 0.2) is 0 Å². The van der Waals surface area contributed by atoms with Crippen LogP contribution in [0.5, 0.6) is 0 Å². The van der Waals surface area contributed by atoms with Crippen LogP contribution in [0.1, 0.15) is 16.8 Å². The van der Waals surface area contributed by atoms with Crippen LogP contribution < -0.4 is 0 Å². The van der Waals surface area contributed by atoms with E-state index in [0.717, 1.165) is 19.6 Å². The first-order valence-electron chi connectivity index (χ1n) is 6.44. The van der Waals surface area contributed by atoms with Crippen molar-refractivity contribution in [3.8, 4) is 0 Å². The van der Waals surface area contributed by atoms with Gasteiger partial charge in [-0.15, -0.1) is 0 Å². The first-order chi connectivity index (χ1) is 9.33. The molecular formula is C13H13N3O3. The van der Waals surface area contributed by atoms with E-state index in [-0.39, 0.29) is 11.9 Å². The smallest absolute Gasteiger partial charge is 0.254 e. The van der Waals surface area contributed by atoms with Crippen LogP contribution in [0.25, 0.3) is 11.0 Å². The Balaban J connectivity index is 1.59. The fourth-order valence-electron chi connectivity index (χ4n) is 2.89. The summed E-state index contributed by atoms with van der Waals surface area (Å²) in [5.74, 6) is 0.645. The van der Waals surface area contributed by atoms with Gasteiger partial charge in [-0.1, -0.05) is 0 Å². The number of hydrogen-bond acceptors (Lipinski definition) is 5. The van der Waals surface area contributed by atoms with Crippen LogP contribution >= 0.6 is 0 Å². The number of fused-ring (bicyclic) bond motifs is 2. The lowest BCUT2D eigenvalue weighted by Gasteiger charge is -2.50. The molecule has 2 atom stereocenters. The number of benzene rings is 1. The fourth-order valence-corrected chi connectivity index (χ4v) is 2.89. The van der Waals surface area contributed by atoms with Crippen LogP contribution in [0.4, 0.5) is 0 Å². The zero-order valence-electron chi connectivity index (χ0n) is 10.3.